The number of imidazole rings is 2. The van der Waals surface area contributed by atoms with Crippen molar-refractivity contribution in [2.24, 2.45) is 17.4 Å². The van der Waals surface area contributed by atoms with Crippen LogP contribution in [0.5, 0.6) is 0 Å². The molecular weight excluding hydrogens is 494 g/mol. The van der Waals surface area contributed by atoms with Crippen LogP contribution in [0.25, 0.3) is 0 Å². The molecule has 5 atom stereocenters. The van der Waals surface area contributed by atoms with Crippen molar-refractivity contribution in [3.63, 3.8) is 0 Å². The number of aliphatic carboxylic acids is 1. The van der Waals surface area contributed by atoms with Crippen molar-refractivity contribution in [3.05, 3.63) is 36.4 Å². The maximum absolute atomic E-state index is 13.3. The van der Waals surface area contributed by atoms with Crippen molar-refractivity contribution >= 4 is 23.7 Å². The molecule has 0 aliphatic rings. The van der Waals surface area contributed by atoms with Crippen molar-refractivity contribution in [1.29, 1.82) is 0 Å². The average Bonchev–Trinajstić information content (AvgIpc) is 3.60. The van der Waals surface area contributed by atoms with Gasteiger partial charge in [0, 0.05) is 36.6 Å². The highest BCUT2D eigenvalue weighted by Gasteiger charge is 2.31. The lowest BCUT2D eigenvalue weighted by Crippen LogP contribution is -2.58. The summed E-state index contributed by atoms with van der Waals surface area (Å²) in [4.78, 5) is 64.6. The van der Waals surface area contributed by atoms with Gasteiger partial charge in [-0.25, -0.2) is 14.8 Å². The van der Waals surface area contributed by atoms with E-state index in [1.807, 2.05) is 13.8 Å². The second-order valence-electron chi connectivity index (χ2n) is 9.28. The molecule has 0 saturated heterocycles. The number of carboxylic acid groups (broad SMARTS) is 1. The normalized spacial score (nSPS) is 15.1. The van der Waals surface area contributed by atoms with Crippen LogP contribution in [0.2, 0.25) is 0 Å². The lowest BCUT2D eigenvalue weighted by Gasteiger charge is -2.26. The minimum atomic E-state index is -1.27. The van der Waals surface area contributed by atoms with Gasteiger partial charge in [-0.1, -0.05) is 20.3 Å². The predicted molar refractivity (Wildman–Crippen MR) is 138 cm³/mol. The summed E-state index contributed by atoms with van der Waals surface area (Å²) in [5, 5.41) is 17.5. The van der Waals surface area contributed by atoms with Gasteiger partial charge in [-0.15, -0.1) is 0 Å². The Hall–Kier alpha value is -3.78. The largest absolute Gasteiger partial charge is 0.480 e. The quantitative estimate of drug-likeness (QED) is 0.116. The van der Waals surface area contributed by atoms with E-state index in [0.717, 1.165) is 0 Å². The zero-order chi connectivity index (χ0) is 28.1. The Morgan fingerprint density at radius 3 is 1.92 bits per heavy atom. The highest BCUT2D eigenvalue weighted by atomic mass is 16.4. The Kier molecular flexibility index (Phi) is 12.4. The van der Waals surface area contributed by atoms with Crippen LogP contribution in [0.15, 0.2) is 25.0 Å². The van der Waals surface area contributed by atoms with E-state index in [0.29, 0.717) is 37.2 Å². The van der Waals surface area contributed by atoms with Crippen molar-refractivity contribution in [2.45, 2.75) is 76.5 Å². The summed E-state index contributed by atoms with van der Waals surface area (Å²) in [7, 11) is 0. The van der Waals surface area contributed by atoms with Crippen molar-refractivity contribution in [2.75, 3.05) is 6.54 Å². The smallest absolute Gasteiger partial charge is 0.326 e. The van der Waals surface area contributed by atoms with Gasteiger partial charge in [0.25, 0.3) is 0 Å². The summed E-state index contributed by atoms with van der Waals surface area (Å²) in [6.45, 7) is 4.19. The van der Waals surface area contributed by atoms with Gasteiger partial charge in [0.2, 0.25) is 17.7 Å². The van der Waals surface area contributed by atoms with Gasteiger partial charge in [0.1, 0.15) is 18.1 Å². The number of unbranched alkanes of at least 4 members (excludes halogenated alkanes) is 1. The molecule has 0 aromatic carbocycles. The molecule has 0 aliphatic heterocycles. The fourth-order valence-corrected chi connectivity index (χ4v) is 3.73. The average molecular weight is 534 g/mol. The molecule has 2 aromatic rings. The number of nitrogens with zero attached hydrogens (tertiary/aromatic N) is 2. The Balaban J connectivity index is 2.19. The van der Waals surface area contributed by atoms with E-state index in [2.05, 4.69) is 35.9 Å². The first-order valence-electron chi connectivity index (χ1n) is 12.7. The van der Waals surface area contributed by atoms with Gasteiger partial charge in [0.05, 0.1) is 18.7 Å². The number of amides is 3. The number of hydrogen-bond acceptors (Lipinski definition) is 8. The maximum atomic E-state index is 13.3. The van der Waals surface area contributed by atoms with Gasteiger partial charge in [-0.2, -0.15) is 0 Å². The van der Waals surface area contributed by atoms with Gasteiger partial charge in [0.15, 0.2) is 0 Å². The van der Waals surface area contributed by atoms with Crippen LogP contribution in [0.1, 0.15) is 50.9 Å². The van der Waals surface area contributed by atoms with Crippen molar-refractivity contribution in [1.82, 2.24) is 35.9 Å². The number of hydrogen-bond donors (Lipinski definition) is 8. The van der Waals surface area contributed by atoms with E-state index >= 15 is 0 Å². The van der Waals surface area contributed by atoms with E-state index in [-0.39, 0.29) is 25.2 Å². The van der Waals surface area contributed by atoms with E-state index in [1.54, 1.807) is 0 Å². The number of carbonyl (C=O) groups excluding carboxylic acids is 3. The van der Waals surface area contributed by atoms with E-state index in [9.17, 15) is 24.3 Å². The fraction of sp³-hybridized carbons (Fsp3) is 0.583. The van der Waals surface area contributed by atoms with Crippen LogP contribution < -0.4 is 27.4 Å². The first-order chi connectivity index (χ1) is 18.2. The highest BCUT2D eigenvalue weighted by molar-refractivity contribution is 5.94. The van der Waals surface area contributed by atoms with Crippen LogP contribution in [0, 0.1) is 5.92 Å². The van der Waals surface area contributed by atoms with Crippen LogP contribution in [-0.4, -0.2) is 79.4 Å². The lowest BCUT2D eigenvalue weighted by molar-refractivity contribution is -0.142. The molecule has 2 heterocycles. The first kappa shape index (κ1) is 30.4. The Morgan fingerprint density at radius 1 is 0.895 bits per heavy atom. The molecule has 10 N–H and O–H groups in total. The molecular formula is C24H39N9O5. The molecule has 0 radical (unpaired) electrons. The van der Waals surface area contributed by atoms with Crippen LogP contribution in [-0.2, 0) is 32.0 Å². The van der Waals surface area contributed by atoms with Gasteiger partial charge >= 0.3 is 5.97 Å². The number of nitrogens with one attached hydrogen (secondary N) is 5. The van der Waals surface area contributed by atoms with Crippen molar-refractivity contribution < 1.29 is 24.3 Å². The Morgan fingerprint density at radius 2 is 1.42 bits per heavy atom. The lowest BCUT2D eigenvalue weighted by atomic mass is 9.98. The molecule has 14 nitrogen and oxygen atoms in total. The summed E-state index contributed by atoms with van der Waals surface area (Å²) in [5.41, 5.74) is 12.7. The third-order valence-corrected chi connectivity index (χ3v) is 6.34. The summed E-state index contributed by atoms with van der Waals surface area (Å²) < 4.78 is 0. The molecule has 0 bridgehead atoms. The number of carbonyl (C=O) groups is 4. The van der Waals surface area contributed by atoms with E-state index < -0.39 is 47.9 Å². The molecule has 0 spiro atoms. The molecule has 2 rings (SSSR count). The van der Waals surface area contributed by atoms with Crippen LogP contribution in [0.4, 0.5) is 0 Å². The number of aromatic nitrogens is 4. The molecule has 210 valence electrons. The predicted octanol–water partition coefficient (Wildman–Crippen LogP) is -1.04. The highest BCUT2D eigenvalue weighted by Crippen LogP contribution is 2.09. The number of rotatable bonds is 17. The Bertz CT molecular complexity index is 1010. The molecule has 38 heavy (non-hydrogen) atoms. The Labute approximate surface area is 221 Å². The molecule has 5 unspecified atom stereocenters. The number of aromatic amines is 2. The topological polar surface area (TPSA) is 234 Å². The number of nitrogens with two attached hydrogens (primary N) is 2. The minimum Gasteiger partial charge on any atom is -0.480 e. The fourth-order valence-electron chi connectivity index (χ4n) is 3.73. The molecule has 0 saturated carbocycles. The summed E-state index contributed by atoms with van der Waals surface area (Å²) in [5.74, 6) is -3.10. The summed E-state index contributed by atoms with van der Waals surface area (Å²) in [6, 6.07) is -4.17. The van der Waals surface area contributed by atoms with Gasteiger partial charge in [-0.05, 0) is 31.7 Å². The van der Waals surface area contributed by atoms with Gasteiger partial charge in [-0.3, -0.25) is 14.4 Å². The minimum absolute atomic E-state index is 0.0177. The molecule has 0 aliphatic carbocycles. The molecule has 14 heteroatoms. The monoisotopic (exact) mass is 533 g/mol. The summed E-state index contributed by atoms with van der Waals surface area (Å²) in [6.07, 6.45) is 7.97. The van der Waals surface area contributed by atoms with E-state index in [4.69, 9.17) is 11.5 Å². The number of carboxylic acids is 1. The zero-order valence-electron chi connectivity index (χ0n) is 21.8. The zero-order valence-corrected chi connectivity index (χ0v) is 21.8. The standard InChI is InChI=1S/C24H39N9O5/c1-3-14(2)20(26)23(36)31-17(6-4-5-7-25)21(34)32-18(8-15-10-27-12-29-15)22(35)33-19(24(37)38)9-16-11-28-13-30-16/h10-14,17-20H,3-9,25-26H2,1-2H3,(H,27,29)(H,28,30)(H,31,36)(H,32,34)(H,33,35)(H,37,38). The molecule has 3 amide bonds. The molecule has 0 fully saturated rings. The number of H-pyrrole nitrogens is 2. The maximum Gasteiger partial charge on any atom is 0.326 e. The first-order valence-corrected chi connectivity index (χ1v) is 12.7. The third kappa shape index (κ3) is 9.59. The van der Waals surface area contributed by atoms with Crippen LogP contribution >= 0.6 is 0 Å². The van der Waals surface area contributed by atoms with Crippen LogP contribution in [0.3, 0.4) is 0 Å². The summed E-state index contributed by atoms with van der Waals surface area (Å²) >= 11 is 0. The third-order valence-electron chi connectivity index (χ3n) is 6.34. The molecule has 2 aromatic heterocycles. The van der Waals surface area contributed by atoms with Gasteiger partial charge < -0.3 is 42.5 Å². The SMILES string of the molecule is CCC(C)C(N)C(=O)NC(CCCCN)C(=O)NC(Cc1cnc[nH]1)C(=O)NC(Cc1cnc[nH]1)C(=O)O. The van der Waals surface area contributed by atoms with E-state index in [1.165, 1.54) is 25.0 Å². The van der Waals surface area contributed by atoms with Crippen molar-refractivity contribution in [3.8, 4) is 0 Å². The second-order valence-corrected chi connectivity index (χ2v) is 9.28. The second kappa shape index (κ2) is 15.5.